The van der Waals surface area contributed by atoms with E-state index in [1.165, 1.54) is 5.56 Å². The molecule has 4 nitrogen and oxygen atoms in total. The zero-order valence-corrected chi connectivity index (χ0v) is 13.8. The van der Waals surface area contributed by atoms with Crippen molar-refractivity contribution in [3.8, 4) is 5.88 Å². The number of methoxy groups -OCH3 is 1. The predicted molar refractivity (Wildman–Crippen MR) is 93.6 cm³/mol. The van der Waals surface area contributed by atoms with Crippen molar-refractivity contribution in [2.45, 2.75) is 20.3 Å². The van der Waals surface area contributed by atoms with Crippen LogP contribution in [0.4, 0.5) is 5.82 Å². The molecule has 0 radical (unpaired) electrons. The Kier molecular flexibility index (Phi) is 4.42. The van der Waals surface area contributed by atoms with E-state index in [0.717, 1.165) is 35.7 Å². The number of hydrogen-bond donors (Lipinski definition) is 0. The van der Waals surface area contributed by atoms with Crippen LogP contribution in [0.15, 0.2) is 48.7 Å². The quantitative estimate of drug-likeness (QED) is 0.862. The van der Waals surface area contributed by atoms with Crippen LogP contribution in [0.5, 0.6) is 5.88 Å². The Morgan fingerprint density at radius 3 is 2.70 bits per heavy atom. The topological polar surface area (TPSA) is 38.2 Å². The Balaban J connectivity index is 2.01. The molecule has 1 aliphatic rings. The number of allylic oxidation sites excluding steroid dienone is 2. The molecule has 0 saturated heterocycles. The number of hydrogen-bond acceptors (Lipinski definition) is 4. The summed E-state index contributed by atoms with van der Waals surface area (Å²) in [6.45, 7) is 4.82. The van der Waals surface area contributed by atoms with Crippen LogP contribution >= 0.6 is 0 Å². The molecule has 118 valence electrons. The molecule has 0 aliphatic carbocycles. The van der Waals surface area contributed by atoms with Gasteiger partial charge in [-0.2, -0.15) is 0 Å². The first-order valence-corrected chi connectivity index (χ1v) is 7.84. The van der Waals surface area contributed by atoms with Gasteiger partial charge >= 0.3 is 0 Å². The zero-order chi connectivity index (χ0) is 16.2. The van der Waals surface area contributed by atoms with E-state index in [4.69, 9.17) is 4.74 Å². The van der Waals surface area contributed by atoms with Gasteiger partial charge in [0.1, 0.15) is 0 Å². The minimum Gasteiger partial charge on any atom is -0.478 e. The number of anilines is 1. The van der Waals surface area contributed by atoms with Crippen molar-refractivity contribution in [2.75, 3.05) is 18.6 Å². The lowest BCUT2D eigenvalue weighted by Crippen LogP contribution is -2.25. The molecule has 2 aromatic rings. The number of benzene rings is 1. The number of nitrogens with zero attached hydrogens (tertiary/aromatic N) is 3. The molecule has 0 fully saturated rings. The van der Waals surface area contributed by atoms with Gasteiger partial charge in [0.25, 0.3) is 5.88 Å². The van der Waals surface area contributed by atoms with E-state index in [9.17, 15) is 0 Å². The minimum absolute atomic E-state index is 0.552. The van der Waals surface area contributed by atoms with E-state index in [-0.39, 0.29) is 0 Å². The fourth-order valence-electron chi connectivity index (χ4n) is 2.65. The molecule has 2 heterocycles. The molecular formula is C19H21N3O. The van der Waals surface area contributed by atoms with Crippen molar-refractivity contribution in [3.05, 3.63) is 65.5 Å². The van der Waals surface area contributed by atoms with Crippen molar-refractivity contribution >= 4 is 11.5 Å². The summed E-state index contributed by atoms with van der Waals surface area (Å²) in [4.78, 5) is 11.1. The molecule has 1 aromatic carbocycles. The molecule has 0 amide bonds. The first-order valence-electron chi connectivity index (χ1n) is 7.84. The average molecular weight is 307 g/mol. The van der Waals surface area contributed by atoms with Crippen LogP contribution in [0.25, 0.3) is 5.70 Å². The van der Waals surface area contributed by atoms with Gasteiger partial charge in [0.15, 0.2) is 5.82 Å². The lowest BCUT2D eigenvalue weighted by atomic mass is 10.0. The molecule has 0 atom stereocenters. The maximum Gasteiger partial charge on any atom is 0.257 e. The SMILES string of the molecule is CCc1ccc(C2=CC=CCN2c2ncc(C)nc2OC)cc1. The summed E-state index contributed by atoms with van der Waals surface area (Å²) < 4.78 is 5.43. The van der Waals surface area contributed by atoms with E-state index < -0.39 is 0 Å². The van der Waals surface area contributed by atoms with Crippen LogP contribution in [-0.2, 0) is 6.42 Å². The van der Waals surface area contributed by atoms with Crippen molar-refractivity contribution in [3.63, 3.8) is 0 Å². The lowest BCUT2D eigenvalue weighted by molar-refractivity contribution is 0.395. The van der Waals surface area contributed by atoms with Gasteiger partial charge in [-0.1, -0.05) is 43.3 Å². The fraction of sp³-hybridized carbons (Fsp3) is 0.263. The first kappa shape index (κ1) is 15.3. The Morgan fingerprint density at radius 1 is 1.22 bits per heavy atom. The smallest absolute Gasteiger partial charge is 0.257 e. The molecule has 0 spiro atoms. The zero-order valence-electron chi connectivity index (χ0n) is 13.8. The minimum atomic E-state index is 0.552. The van der Waals surface area contributed by atoms with Crippen LogP contribution in [0, 0.1) is 6.92 Å². The third-order valence-corrected chi connectivity index (χ3v) is 3.92. The Labute approximate surface area is 137 Å². The molecule has 4 heteroatoms. The van der Waals surface area contributed by atoms with Gasteiger partial charge < -0.3 is 9.64 Å². The second kappa shape index (κ2) is 6.65. The van der Waals surface area contributed by atoms with E-state index in [2.05, 4.69) is 64.3 Å². The molecule has 0 bridgehead atoms. The first-order chi connectivity index (χ1) is 11.2. The second-order valence-corrected chi connectivity index (χ2v) is 5.49. The molecule has 0 saturated carbocycles. The predicted octanol–water partition coefficient (Wildman–Crippen LogP) is 3.77. The van der Waals surface area contributed by atoms with Gasteiger partial charge in [0, 0.05) is 6.54 Å². The highest BCUT2D eigenvalue weighted by atomic mass is 16.5. The molecule has 1 aromatic heterocycles. The summed E-state index contributed by atoms with van der Waals surface area (Å²) in [6, 6.07) is 8.66. The highest BCUT2D eigenvalue weighted by Gasteiger charge is 2.20. The van der Waals surface area contributed by atoms with Gasteiger partial charge in [-0.05, 0) is 30.5 Å². The van der Waals surface area contributed by atoms with Crippen LogP contribution < -0.4 is 9.64 Å². The molecular weight excluding hydrogens is 286 g/mol. The normalized spacial score (nSPS) is 13.9. The maximum atomic E-state index is 5.43. The van der Waals surface area contributed by atoms with E-state index in [1.807, 2.05) is 6.92 Å². The highest BCUT2D eigenvalue weighted by Crippen LogP contribution is 2.32. The molecule has 0 unspecified atom stereocenters. The summed E-state index contributed by atoms with van der Waals surface area (Å²) in [5.74, 6) is 1.30. The van der Waals surface area contributed by atoms with Crippen LogP contribution in [0.1, 0.15) is 23.7 Å². The number of rotatable bonds is 4. The van der Waals surface area contributed by atoms with Crippen LogP contribution in [-0.4, -0.2) is 23.6 Å². The van der Waals surface area contributed by atoms with Gasteiger partial charge in [-0.3, -0.25) is 0 Å². The maximum absolute atomic E-state index is 5.43. The number of aromatic nitrogens is 2. The van der Waals surface area contributed by atoms with Crippen molar-refractivity contribution in [1.82, 2.24) is 9.97 Å². The van der Waals surface area contributed by atoms with Gasteiger partial charge in [0.05, 0.1) is 24.7 Å². The van der Waals surface area contributed by atoms with Crippen LogP contribution in [0.2, 0.25) is 0 Å². The Morgan fingerprint density at radius 2 is 2.00 bits per heavy atom. The van der Waals surface area contributed by atoms with Crippen molar-refractivity contribution in [2.24, 2.45) is 0 Å². The monoisotopic (exact) mass is 307 g/mol. The van der Waals surface area contributed by atoms with E-state index in [1.54, 1.807) is 13.3 Å². The standard InChI is InChI=1S/C19H21N3O/c1-4-15-8-10-16(11-9-15)17-7-5-6-12-22(17)18-19(23-3)21-14(2)13-20-18/h5-11,13H,4,12H2,1-3H3. The van der Waals surface area contributed by atoms with Crippen LogP contribution in [0.3, 0.4) is 0 Å². The fourth-order valence-corrected chi connectivity index (χ4v) is 2.65. The lowest BCUT2D eigenvalue weighted by Gasteiger charge is -2.28. The summed E-state index contributed by atoms with van der Waals surface area (Å²) in [5, 5.41) is 0. The number of ether oxygens (including phenoxy) is 1. The summed E-state index contributed by atoms with van der Waals surface area (Å²) >= 11 is 0. The van der Waals surface area contributed by atoms with Gasteiger partial charge in [-0.25, -0.2) is 9.97 Å². The third-order valence-electron chi connectivity index (χ3n) is 3.92. The molecule has 23 heavy (non-hydrogen) atoms. The second-order valence-electron chi connectivity index (χ2n) is 5.49. The molecule has 0 N–H and O–H groups in total. The van der Waals surface area contributed by atoms with E-state index in [0.29, 0.717) is 5.88 Å². The summed E-state index contributed by atoms with van der Waals surface area (Å²) in [5.41, 5.74) is 4.44. The summed E-state index contributed by atoms with van der Waals surface area (Å²) in [7, 11) is 1.63. The van der Waals surface area contributed by atoms with Crippen molar-refractivity contribution in [1.29, 1.82) is 0 Å². The summed E-state index contributed by atoms with van der Waals surface area (Å²) in [6.07, 6.45) is 9.10. The largest absolute Gasteiger partial charge is 0.478 e. The van der Waals surface area contributed by atoms with E-state index >= 15 is 0 Å². The highest BCUT2D eigenvalue weighted by molar-refractivity contribution is 5.82. The Hall–Kier alpha value is -2.62. The van der Waals surface area contributed by atoms with Crippen molar-refractivity contribution < 1.29 is 4.74 Å². The average Bonchev–Trinajstić information content (AvgIpc) is 2.62. The Bertz CT molecular complexity index is 748. The molecule has 3 rings (SSSR count). The molecule has 1 aliphatic heterocycles. The third kappa shape index (κ3) is 3.11. The van der Waals surface area contributed by atoms with Gasteiger partial charge in [-0.15, -0.1) is 0 Å². The van der Waals surface area contributed by atoms with Gasteiger partial charge in [0.2, 0.25) is 0 Å². The number of aryl methyl sites for hydroxylation is 2.